The van der Waals surface area contributed by atoms with Gasteiger partial charge in [-0.05, 0) is 116 Å². The van der Waals surface area contributed by atoms with Gasteiger partial charge in [-0.25, -0.2) is 0 Å². The second-order valence-corrected chi connectivity index (χ2v) is 19.4. The van der Waals surface area contributed by atoms with E-state index in [9.17, 15) is 0 Å². The Morgan fingerprint density at radius 2 is 0.814 bits per heavy atom. The van der Waals surface area contributed by atoms with Gasteiger partial charge in [0.05, 0.1) is 11.1 Å². The zero-order chi connectivity index (χ0) is 46.2. The maximum atomic E-state index is 6.74. The minimum atomic E-state index is -0.610. The molecule has 1 spiro atoms. The minimum Gasteiger partial charge on any atom is -0.457 e. The molecule has 70 heavy (non-hydrogen) atoms. The lowest BCUT2D eigenvalue weighted by atomic mass is 9.66. The predicted molar refractivity (Wildman–Crippen MR) is 293 cm³/mol. The van der Waals surface area contributed by atoms with E-state index >= 15 is 0 Å². The largest absolute Gasteiger partial charge is 0.457 e. The van der Waals surface area contributed by atoms with Crippen LogP contribution in [-0.2, 0) is 5.41 Å². The van der Waals surface area contributed by atoms with Gasteiger partial charge in [-0.2, -0.15) is 0 Å². The molecule has 11 aromatic carbocycles. The molecule has 328 valence electrons. The molecular weight excluding hydrogens is 867 g/mol. The molecule has 2 nitrogen and oxygen atoms in total. The van der Waals surface area contributed by atoms with Crippen LogP contribution in [0, 0.1) is 0 Å². The molecule has 3 heteroatoms. The summed E-state index contributed by atoms with van der Waals surface area (Å²) in [5.74, 6) is 1.77. The Morgan fingerprint density at radius 1 is 0.300 bits per heavy atom. The molecule has 0 unspecified atom stereocenters. The third kappa shape index (κ3) is 6.19. The lowest BCUT2D eigenvalue weighted by molar-refractivity contribution is 0.436. The number of thiophene rings is 1. The van der Waals surface area contributed by atoms with Crippen molar-refractivity contribution in [3.63, 3.8) is 0 Å². The van der Waals surface area contributed by atoms with E-state index in [0.29, 0.717) is 0 Å². The van der Waals surface area contributed by atoms with E-state index in [1.54, 1.807) is 0 Å². The Hall–Kier alpha value is -8.76. The molecule has 0 N–H and O–H groups in total. The van der Waals surface area contributed by atoms with Crippen molar-refractivity contribution in [2.45, 2.75) is 5.41 Å². The number of fused-ring (bicyclic) bond motifs is 12. The normalized spacial score (nSPS) is 12.8. The summed E-state index contributed by atoms with van der Waals surface area (Å²) in [6, 6.07) is 95.5. The molecule has 1 aromatic heterocycles. The first kappa shape index (κ1) is 40.3. The lowest BCUT2D eigenvalue weighted by Crippen LogP contribution is -2.32. The quantitative estimate of drug-likeness (QED) is 0.158. The highest BCUT2D eigenvalue weighted by Gasteiger charge is 2.51. The molecule has 0 fully saturated rings. The molecule has 2 aliphatic rings. The van der Waals surface area contributed by atoms with Gasteiger partial charge in [-0.3, -0.25) is 0 Å². The summed E-state index contributed by atoms with van der Waals surface area (Å²) in [7, 11) is 0. The summed E-state index contributed by atoms with van der Waals surface area (Å²) in [5, 5.41) is 2.62. The second-order valence-electron chi connectivity index (χ2n) is 18.3. The molecule has 1 aliphatic heterocycles. The fourth-order valence-electron chi connectivity index (χ4n) is 11.6. The van der Waals surface area contributed by atoms with Crippen LogP contribution in [0.1, 0.15) is 22.3 Å². The van der Waals surface area contributed by atoms with E-state index in [1.165, 1.54) is 75.8 Å². The Kier molecular flexibility index (Phi) is 9.33. The van der Waals surface area contributed by atoms with Crippen LogP contribution >= 0.6 is 11.3 Å². The summed E-state index contributed by atoms with van der Waals surface area (Å²) in [6.07, 6.45) is 0. The Morgan fingerprint density at radius 3 is 1.56 bits per heavy atom. The van der Waals surface area contributed by atoms with Crippen LogP contribution in [0.4, 0.5) is 17.1 Å². The van der Waals surface area contributed by atoms with E-state index in [-0.39, 0.29) is 0 Å². The molecule has 0 saturated carbocycles. The minimum absolute atomic E-state index is 0.610. The van der Waals surface area contributed by atoms with Crippen LogP contribution in [-0.4, -0.2) is 0 Å². The highest BCUT2D eigenvalue weighted by atomic mass is 32.1. The number of benzene rings is 11. The number of nitrogens with zero attached hydrogens (tertiary/aromatic N) is 1. The third-order valence-electron chi connectivity index (χ3n) is 14.6. The van der Waals surface area contributed by atoms with Crippen LogP contribution in [0.2, 0.25) is 0 Å². The van der Waals surface area contributed by atoms with E-state index in [0.717, 1.165) is 50.8 Å². The number of anilines is 3. The fourth-order valence-corrected chi connectivity index (χ4v) is 12.7. The van der Waals surface area contributed by atoms with E-state index in [2.05, 4.69) is 266 Å². The average Bonchev–Trinajstić information content (AvgIpc) is 3.95. The van der Waals surface area contributed by atoms with Gasteiger partial charge >= 0.3 is 0 Å². The summed E-state index contributed by atoms with van der Waals surface area (Å²) < 4.78 is 9.35. The number of rotatable bonds is 7. The van der Waals surface area contributed by atoms with Crippen molar-refractivity contribution in [2.75, 3.05) is 4.90 Å². The molecule has 0 bridgehead atoms. The first-order chi connectivity index (χ1) is 34.7. The molecule has 14 rings (SSSR count). The average molecular weight is 910 g/mol. The van der Waals surface area contributed by atoms with Crippen molar-refractivity contribution in [3.05, 3.63) is 283 Å². The lowest BCUT2D eigenvalue weighted by Gasteiger charge is -2.39. The smallest absolute Gasteiger partial charge is 0.132 e. The van der Waals surface area contributed by atoms with Crippen LogP contribution in [0.25, 0.3) is 75.8 Å². The molecule has 0 radical (unpaired) electrons. The van der Waals surface area contributed by atoms with Crippen molar-refractivity contribution in [1.82, 2.24) is 0 Å². The monoisotopic (exact) mass is 909 g/mol. The van der Waals surface area contributed by atoms with Crippen molar-refractivity contribution < 1.29 is 4.74 Å². The van der Waals surface area contributed by atoms with Gasteiger partial charge in [0.15, 0.2) is 0 Å². The van der Waals surface area contributed by atoms with Crippen LogP contribution in [0.3, 0.4) is 0 Å². The predicted octanol–water partition coefficient (Wildman–Crippen LogP) is 18.7. The Bertz CT molecular complexity index is 3950. The highest BCUT2D eigenvalue weighted by Crippen LogP contribution is 2.63. The number of ether oxygens (including phenoxy) is 1. The van der Waals surface area contributed by atoms with Crippen molar-refractivity contribution in [3.8, 4) is 67.1 Å². The Balaban J connectivity index is 0.988. The van der Waals surface area contributed by atoms with Gasteiger partial charge in [0.2, 0.25) is 0 Å². The number of hydrogen-bond acceptors (Lipinski definition) is 3. The molecule has 0 saturated heterocycles. The SMILES string of the molecule is c1ccc(-c2ccccc2-c2ccccc2-c2ccccc2N(c2ccc(-c3ccc4c(c3)sc3ccccc34)cc2)c2ccc3c(c2)C2(c4ccccc4Oc4ccccc42)c2ccccc2-3)cc1. The Labute approximate surface area is 411 Å². The summed E-state index contributed by atoms with van der Waals surface area (Å²) >= 11 is 1.86. The van der Waals surface area contributed by atoms with Crippen LogP contribution < -0.4 is 9.64 Å². The van der Waals surface area contributed by atoms with Gasteiger partial charge in [0.25, 0.3) is 0 Å². The summed E-state index contributed by atoms with van der Waals surface area (Å²) in [6.45, 7) is 0. The molecule has 2 heterocycles. The zero-order valence-corrected chi connectivity index (χ0v) is 38.9. The first-order valence-electron chi connectivity index (χ1n) is 24.0. The summed E-state index contributed by atoms with van der Waals surface area (Å²) in [4.78, 5) is 2.47. The van der Waals surface area contributed by atoms with Gasteiger partial charge in [-0.1, -0.05) is 206 Å². The van der Waals surface area contributed by atoms with Crippen LogP contribution in [0.15, 0.2) is 261 Å². The van der Waals surface area contributed by atoms with Gasteiger partial charge in [0, 0.05) is 48.2 Å². The van der Waals surface area contributed by atoms with E-state index in [4.69, 9.17) is 4.74 Å². The van der Waals surface area contributed by atoms with Crippen molar-refractivity contribution in [1.29, 1.82) is 0 Å². The molecular formula is C67H43NOS. The maximum Gasteiger partial charge on any atom is 0.132 e. The van der Waals surface area contributed by atoms with Gasteiger partial charge in [0.1, 0.15) is 11.5 Å². The molecule has 12 aromatic rings. The van der Waals surface area contributed by atoms with Gasteiger partial charge in [-0.15, -0.1) is 11.3 Å². The highest BCUT2D eigenvalue weighted by molar-refractivity contribution is 7.25. The maximum absolute atomic E-state index is 6.74. The standard InChI is InChI=1S/C67H43NOS/c1-2-18-45(19-3-1)49-20-4-5-21-50(49)51-22-6-7-23-52(51)55-25-9-14-30-62(55)68(47-37-34-44(35-38-47)46-36-40-57-56-26-10-17-33-65(56)70-66(57)42-46)48-39-41-54-53-24-8-11-27-58(53)67(61(54)43-48)59-28-12-15-31-63(59)69-64-32-16-13-29-60(64)67/h1-43H. The van der Waals surface area contributed by atoms with Crippen molar-refractivity contribution >= 4 is 48.6 Å². The molecule has 1 aliphatic carbocycles. The van der Waals surface area contributed by atoms with E-state index in [1.807, 2.05) is 11.3 Å². The number of hydrogen-bond donors (Lipinski definition) is 0. The number of para-hydroxylation sites is 3. The van der Waals surface area contributed by atoms with E-state index < -0.39 is 5.41 Å². The third-order valence-corrected chi connectivity index (χ3v) is 15.7. The first-order valence-corrected chi connectivity index (χ1v) is 24.8. The zero-order valence-electron chi connectivity index (χ0n) is 38.1. The molecule has 0 amide bonds. The van der Waals surface area contributed by atoms with Gasteiger partial charge < -0.3 is 9.64 Å². The topological polar surface area (TPSA) is 12.5 Å². The summed E-state index contributed by atoms with van der Waals surface area (Å²) in [5.41, 5.74) is 19.4. The molecule has 0 atom stereocenters. The van der Waals surface area contributed by atoms with Crippen LogP contribution in [0.5, 0.6) is 11.5 Å². The second kappa shape index (κ2) is 16.2. The fraction of sp³-hybridized carbons (Fsp3) is 0.0149. The van der Waals surface area contributed by atoms with Crippen molar-refractivity contribution in [2.24, 2.45) is 0 Å².